The standard InChI is InChI=1S/C11H9Cl2N3O2S/c1-7-4-2-3-5-8(7)19(17,18)16-9-10(12)14-6-15-11(9)13/h2-6,16H,1H3. The SMILES string of the molecule is Cc1ccccc1S(=O)(=O)Nc1c(Cl)ncnc1Cl. The number of hydrogen-bond donors (Lipinski definition) is 1. The lowest BCUT2D eigenvalue weighted by Gasteiger charge is -2.11. The van der Waals surface area contributed by atoms with Crippen molar-refractivity contribution >= 4 is 38.9 Å². The molecule has 0 amide bonds. The van der Waals surface area contributed by atoms with Gasteiger partial charge < -0.3 is 0 Å². The van der Waals surface area contributed by atoms with E-state index in [1.165, 1.54) is 6.07 Å². The van der Waals surface area contributed by atoms with Crippen LogP contribution in [0.3, 0.4) is 0 Å². The number of aromatic nitrogens is 2. The summed E-state index contributed by atoms with van der Waals surface area (Å²) in [5, 5.41) is -0.116. The van der Waals surface area contributed by atoms with E-state index in [9.17, 15) is 8.42 Å². The number of halogens is 2. The highest BCUT2D eigenvalue weighted by Gasteiger charge is 2.20. The lowest BCUT2D eigenvalue weighted by Crippen LogP contribution is -2.15. The number of nitrogens with one attached hydrogen (secondary N) is 1. The summed E-state index contributed by atoms with van der Waals surface area (Å²) in [6.45, 7) is 1.69. The van der Waals surface area contributed by atoms with E-state index in [1.54, 1.807) is 25.1 Å². The second kappa shape index (κ2) is 5.32. The number of benzene rings is 1. The molecule has 0 aliphatic rings. The van der Waals surface area contributed by atoms with Crippen LogP contribution in [0.15, 0.2) is 35.5 Å². The number of sulfonamides is 1. The second-order valence-electron chi connectivity index (χ2n) is 3.70. The molecular weight excluding hydrogens is 309 g/mol. The number of aryl methyl sites for hydroxylation is 1. The van der Waals surface area contributed by atoms with Gasteiger partial charge in [-0.1, -0.05) is 41.4 Å². The summed E-state index contributed by atoms with van der Waals surface area (Å²) in [7, 11) is -3.79. The van der Waals surface area contributed by atoms with Crippen molar-refractivity contribution in [3.63, 3.8) is 0 Å². The highest BCUT2D eigenvalue weighted by atomic mass is 35.5. The molecule has 0 spiro atoms. The Morgan fingerprint density at radius 3 is 2.26 bits per heavy atom. The zero-order valence-electron chi connectivity index (χ0n) is 9.76. The average molecular weight is 318 g/mol. The molecule has 1 N–H and O–H groups in total. The van der Waals surface area contributed by atoms with Crippen molar-refractivity contribution in [3.05, 3.63) is 46.5 Å². The van der Waals surface area contributed by atoms with Crippen molar-refractivity contribution in [1.82, 2.24) is 9.97 Å². The molecule has 0 fully saturated rings. The largest absolute Gasteiger partial charge is 0.274 e. The van der Waals surface area contributed by atoms with Crippen LogP contribution in [-0.2, 0) is 10.0 Å². The van der Waals surface area contributed by atoms with Gasteiger partial charge in [-0.3, -0.25) is 4.72 Å². The third-order valence-corrected chi connectivity index (χ3v) is 4.46. The summed E-state index contributed by atoms with van der Waals surface area (Å²) in [4.78, 5) is 7.51. The lowest BCUT2D eigenvalue weighted by molar-refractivity contribution is 0.600. The minimum atomic E-state index is -3.79. The molecule has 5 nitrogen and oxygen atoms in total. The Kier molecular flexibility index (Phi) is 3.93. The number of nitrogens with zero attached hydrogens (tertiary/aromatic N) is 2. The molecule has 8 heteroatoms. The summed E-state index contributed by atoms with van der Waals surface area (Å²) in [6.07, 6.45) is 1.15. The smallest absolute Gasteiger partial charge is 0.262 e. The van der Waals surface area contributed by atoms with Crippen molar-refractivity contribution < 1.29 is 8.42 Å². The van der Waals surface area contributed by atoms with E-state index in [2.05, 4.69) is 14.7 Å². The molecule has 1 aromatic heterocycles. The molecule has 0 radical (unpaired) electrons. The molecule has 1 heterocycles. The minimum absolute atomic E-state index is 0.0333. The topological polar surface area (TPSA) is 72.0 Å². The van der Waals surface area contributed by atoms with Crippen molar-refractivity contribution in [2.24, 2.45) is 0 Å². The van der Waals surface area contributed by atoms with Gasteiger partial charge in [-0.2, -0.15) is 0 Å². The van der Waals surface area contributed by atoms with Crippen LogP contribution in [0, 0.1) is 6.92 Å². The predicted molar refractivity (Wildman–Crippen MR) is 74.0 cm³/mol. The quantitative estimate of drug-likeness (QED) is 0.883. The van der Waals surface area contributed by atoms with E-state index in [0.717, 1.165) is 6.33 Å². The average Bonchev–Trinajstić information content (AvgIpc) is 2.34. The van der Waals surface area contributed by atoms with E-state index in [0.29, 0.717) is 5.56 Å². The number of rotatable bonds is 3. The van der Waals surface area contributed by atoms with Crippen LogP contribution < -0.4 is 4.72 Å². The van der Waals surface area contributed by atoms with Crippen LogP contribution in [0.4, 0.5) is 5.69 Å². The molecule has 0 aliphatic carbocycles. The molecule has 0 aliphatic heterocycles. The molecule has 19 heavy (non-hydrogen) atoms. The summed E-state index contributed by atoms with van der Waals surface area (Å²) in [5.74, 6) is 0. The fourth-order valence-corrected chi connectivity index (χ4v) is 3.32. The van der Waals surface area contributed by atoms with Gasteiger partial charge in [0.15, 0.2) is 10.3 Å². The van der Waals surface area contributed by atoms with Crippen LogP contribution in [0.2, 0.25) is 10.3 Å². The molecule has 0 bridgehead atoms. The van der Waals surface area contributed by atoms with Gasteiger partial charge in [-0.15, -0.1) is 0 Å². The number of hydrogen-bond acceptors (Lipinski definition) is 4. The third kappa shape index (κ3) is 2.97. The van der Waals surface area contributed by atoms with Gasteiger partial charge in [0.25, 0.3) is 10.0 Å². The van der Waals surface area contributed by atoms with Crippen LogP contribution in [-0.4, -0.2) is 18.4 Å². The summed E-state index contributed by atoms with van der Waals surface area (Å²) >= 11 is 11.6. The van der Waals surface area contributed by atoms with Crippen LogP contribution in [0.25, 0.3) is 0 Å². The second-order valence-corrected chi connectivity index (χ2v) is 6.07. The van der Waals surface area contributed by atoms with Gasteiger partial charge in [0, 0.05) is 0 Å². The minimum Gasteiger partial charge on any atom is -0.274 e. The first-order valence-corrected chi connectivity index (χ1v) is 7.40. The Morgan fingerprint density at radius 1 is 1.11 bits per heavy atom. The Hall–Kier alpha value is -1.37. The van der Waals surface area contributed by atoms with Gasteiger partial charge >= 0.3 is 0 Å². The van der Waals surface area contributed by atoms with Crippen molar-refractivity contribution in [1.29, 1.82) is 0 Å². The molecule has 0 atom stereocenters. The van der Waals surface area contributed by atoms with Crippen LogP contribution >= 0.6 is 23.2 Å². The van der Waals surface area contributed by atoms with Crippen molar-refractivity contribution in [2.75, 3.05) is 4.72 Å². The van der Waals surface area contributed by atoms with Gasteiger partial charge in [0.2, 0.25) is 0 Å². The zero-order chi connectivity index (χ0) is 14.0. The first-order chi connectivity index (χ1) is 8.92. The first kappa shape index (κ1) is 14.0. The molecule has 2 rings (SSSR count). The highest BCUT2D eigenvalue weighted by molar-refractivity contribution is 7.92. The Bertz CT molecular complexity index is 699. The molecule has 0 unspecified atom stereocenters. The number of anilines is 1. The van der Waals surface area contributed by atoms with E-state index in [1.807, 2.05) is 0 Å². The fraction of sp³-hybridized carbons (Fsp3) is 0.0909. The highest BCUT2D eigenvalue weighted by Crippen LogP contribution is 2.28. The molecule has 100 valence electrons. The maximum Gasteiger partial charge on any atom is 0.262 e. The van der Waals surface area contributed by atoms with E-state index in [4.69, 9.17) is 23.2 Å². The summed E-state index contributed by atoms with van der Waals surface area (Å²) in [6, 6.07) is 6.56. The van der Waals surface area contributed by atoms with Crippen molar-refractivity contribution in [3.8, 4) is 0 Å². The van der Waals surface area contributed by atoms with E-state index < -0.39 is 10.0 Å². The monoisotopic (exact) mass is 317 g/mol. The van der Waals surface area contributed by atoms with Gasteiger partial charge in [0.1, 0.15) is 12.0 Å². The van der Waals surface area contributed by atoms with E-state index in [-0.39, 0.29) is 20.9 Å². The first-order valence-electron chi connectivity index (χ1n) is 5.16. The maximum absolute atomic E-state index is 12.2. The Labute approximate surface area is 120 Å². The van der Waals surface area contributed by atoms with Crippen LogP contribution in [0.5, 0.6) is 0 Å². The summed E-state index contributed by atoms with van der Waals surface area (Å²) < 4.78 is 26.8. The maximum atomic E-state index is 12.2. The Morgan fingerprint density at radius 2 is 1.68 bits per heavy atom. The predicted octanol–water partition coefficient (Wildman–Crippen LogP) is 2.89. The molecule has 0 saturated heterocycles. The van der Waals surface area contributed by atoms with Gasteiger partial charge in [-0.05, 0) is 18.6 Å². The van der Waals surface area contributed by atoms with Gasteiger partial charge in [0.05, 0.1) is 4.90 Å². The zero-order valence-corrected chi connectivity index (χ0v) is 12.1. The molecule has 0 saturated carbocycles. The van der Waals surface area contributed by atoms with Crippen molar-refractivity contribution in [2.45, 2.75) is 11.8 Å². The molecule has 2 aromatic rings. The Balaban J connectivity index is 2.46. The fourth-order valence-electron chi connectivity index (χ4n) is 1.48. The molecular formula is C11H9Cl2N3O2S. The van der Waals surface area contributed by atoms with Gasteiger partial charge in [-0.25, -0.2) is 18.4 Å². The summed E-state index contributed by atoms with van der Waals surface area (Å²) in [5.41, 5.74) is 0.577. The normalized spacial score (nSPS) is 11.3. The lowest BCUT2D eigenvalue weighted by atomic mass is 10.2. The van der Waals surface area contributed by atoms with E-state index >= 15 is 0 Å². The molecule has 1 aromatic carbocycles. The van der Waals surface area contributed by atoms with Crippen LogP contribution in [0.1, 0.15) is 5.56 Å². The third-order valence-electron chi connectivity index (χ3n) is 2.37.